The minimum Gasteiger partial charge on any atom is -0.466 e. The highest BCUT2D eigenvalue weighted by Crippen LogP contribution is 2.13. The van der Waals surface area contributed by atoms with E-state index >= 15 is 0 Å². The van der Waals surface area contributed by atoms with Gasteiger partial charge in [-0.1, -0.05) is 0 Å². The molecule has 1 rings (SSSR count). The van der Waals surface area contributed by atoms with E-state index < -0.39 is 16.2 Å². The van der Waals surface area contributed by atoms with Crippen molar-refractivity contribution in [1.82, 2.24) is 9.03 Å². The van der Waals surface area contributed by atoms with Crippen LogP contribution in [-0.4, -0.2) is 57.1 Å². The van der Waals surface area contributed by atoms with E-state index in [2.05, 4.69) is 4.72 Å². The number of ether oxygens (including phenoxy) is 2. The standard InChI is InChI=1S/C11H22N2O5S/c1-4-17-11(14)5-6-12-19(15,16)13-7-9(2)18-10(3)8-13/h9-10,12H,4-8H2,1-3H3/t9-,10-/m0/s1. The summed E-state index contributed by atoms with van der Waals surface area (Å²) in [6, 6.07) is 0. The lowest BCUT2D eigenvalue weighted by molar-refractivity contribution is -0.142. The summed E-state index contributed by atoms with van der Waals surface area (Å²) in [6.07, 6.45) is -0.238. The Hall–Kier alpha value is -0.700. The van der Waals surface area contributed by atoms with Crippen LogP contribution in [0.5, 0.6) is 0 Å². The second-order valence-electron chi connectivity index (χ2n) is 4.53. The Morgan fingerprint density at radius 1 is 1.37 bits per heavy atom. The molecule has 0 aliphatic carbocycles. The zero-order valence-electron chi connectivity index (χ0n) is 11.6. The number of carbonyl (C=O) groups excluding carboxylic acids is 1. The molecule has 2 atom stereocenters. The number of nitrogens with one attached hydrogen (secondary N) is 1. The summed E-state index contributed by atoms with van der Waals surface area (Å²) in [5, 5.41) is 0. The van der Waals surface area contributed by atoms with Crippen LogP contribution in [-0.2, 0) is 24.5 Å². The van der Waals surface area contributed by atoms with Gasteiger partial charge in [-0.2, -0.15) is 12.7 Å². The molecule has 8 heteroatoms. The minimum absolute atomic E-state index is 0.0303. The summed E-state index contributed by atoms with van der Waals surface area (Å²) in [5.74, 6) is -0.408. The van der Waals surface area contributed by atoms with Gasteiger partial charge in [0.2, 0.25) is 0 Å². The Bertz CT molecular complexity index is 388. The second-order valence-corrected chi connectivity index (χ2v) is 6.28. The van der Waals surface area contributed by atoms with E-state index in [4.69, 9.17) is 9.47 Å². The third-order valence-corrected chi connectivity index (χ3v) is 4.19. The van der Waals surface area contributed by atoms with Gasteiger partial charge >= 0.3 is 5.97 Å². The van der Waals surface area contributed by atoms with E-state index in [0.29, 0.717) is 19.7 Å². The van der Waals surface area contributed by atoms with Gasteiger partial charge in [0.05, 0.1) is 25.2 Å². The van der Waals surface area contributed by atoms with Crippen molar-refractivity contribution in [2.24, 2.45) is 0 Å². The van der Waals surface area contributed by atoms with Gasteiger partial charge in [-0.25, -0.2) is 4.72 Å². The topological polar surface area (TPSA) is 84.9 Å². The largest absolute Gasteiger partial charge is 0.466 e. The van der Waals surface area contributed by atoms with Crippen LogP contribution in [0.25, 0.3) is 0 Å². The normalized spacial score (nSPS) is 25.2. The second kappa shape index (κ2) is 7.18. The van der Waals surface area contributed by atoms with Crippen molar-refractivity contribution in [2.75, 3.05) is 26.2 Å². The van der Waals surface area contributed by atoms with Crippen LogP contribution in [0.1, 0.15) is 27.2 Å². The number of rotatable bonds is 6. The van der Waals surface area contributed by atoms with Crippen molar-refractivity contribution >= 4 is 16.2 Å². The lowest BCUT2D eigenvalue weighted by Gasteiger charge is -2.34. The molecule has 0 aromatic heterocycles. The SMILES string of the molecule is CCOC(=O)CCNS(=O)(=O)N1C[C@H](C)O[C@@H](C)C1. The fourth-order valence-corrected chi connectivity index (χ4v) is 3.29. The number of nitrogens with zero attached hydrogens (tertiary/aromatic N) is 1. The first-order valence-corrected chi connectivity index (χ1v) is 7.85. The Kier molecular flexibility index (Phi) is 6.18. The van der Waals surface area contributed by atoms with E-state index in [1.165, 1.54) is 4.31 Å². The molecule has 0 saturated carbocycles. The van der Waals surface area contributed by atoms with Gasteiger partial charge in [-0.3, -0.25) is 4.79 Å². The summed E-state index contributed by atoms with van der Waals surface area (Å²) in [4.78, 5) is 11.1. The van der Waals surface area contributed by atoms with Crippen LogP contribution in [0.2, 0.25) is 0 Å². The molecule has 0 amide bonds. The van der Waals surface area contributed by atoms with Crippen LogP contribution in [0.15, 0.2) is 0 Å². The van der Waals surface area contributed by atoms with Gasteiger partial charge in [-0.15, -0.1) is 0 Å². The average Bonchev–Trinajstić information content (AvgIpc) is 2.27. The fraction of sp³-hybridized carbons (Fsp3) is 0.909. The van der Waals surface area contributed by atoms with Crippen molar-refractivity contribution in [3.05, 3.63) is 0 Å². The van der Waals surface area contributed by atoms with E-state index in [-0.39, 0.29) is 25.2 Å². The van der Waals surface area contributed by atoms with E-state index in [0.717, 1.165) is 0 Å². The number of esters is 1. The summed E-state index contributed by atoms with van der Waals surface area (Å²) < 4.78 is 38.0. The molecule has 0 bridgehead atoms. The van der Waals surface area contributed by atoms with Crippen molar-refractivity contribution in [1.29, 1.82) is 0 Å². The molecule has 0 spiro atoms. The molecule has 1 aliphatic heterocycles. The third kappa shape index (κ3) is 5.43. The maximum Gasteiger partial charge on any atom is 0.307 e. The highest BCUT2D eigenvalue weighted by Gasteiger charge is 2.30. The zero-order chi connectivity index (χ0) is 14.5. The van der Waals surface area contributed by atoms with E-state index in [1.54, 1.807) is 6.92 Å². The smallest absolute Gasteiger partial charge is 0.307 e. The van der Waals surface area contributed by atoms with Crippen molar-refractivity contribution in [3.63, 3.8) is 0 Å². The number of hydrogen-bond donors (Lipinski definition) is 1. The van der Waals surface area contributed by atoms with Gasteiger partial charge in [0, 0.05) is 19.6 Å². The van der Waals surface area contributed by atoms with Gasteiger partial charge in [-0.05, 0) is 20.8 Å². The first kappa shape index (κ1) is 16.4. The highest BCUT2D eigenvalue weighted by molar-refractivity contribution is 7.87. The van der Waals surface area contributed by atoms with Gasteiger partial charge in [0.15, 0.2) is 0 Å². The molecule has 1 fully saturated rings. The van der Waals surface area contributed by atoms with Gasteiger partial charge in [0.1, 0.15) is 0 Å². The molecular formula is C11H22N2O5S. The molecule has 0 unspecified atom stereocenters. The fourth-order valence-electron chi connectivity index (χ4n) is 1.93. The van der Waals surface area contributed by atoms with Gasteiger partial charge in [0.25, 0.3) is 10.2 Å². The monoisotopic (exact) mass is 294 g/mol. The van der Waals surface area contributed by atoms with Crippen LogP contribution in [0.4, 0.5) is 0 Å². The lowest BCUT2D eigenvalue weighted by atomic mass is 10.3. The highest BCUT2D eigenvalue weighted by atomic mass is 32.2. The summed E-state index contributed by atoms with van der Waals surface area (Å²) in [5.41, 5.74) is 0. The zero-order valence-corrected chi connectivity index (χ0v) is 12.4. The molecule has 19 heavy (non-hydrogen) atoms. The Labute approximate surface area is 114 Å². The lowest BCUT2D eigenvalue weighted by Crippen LogP contribution is -2.52. The van der Waals surface area contributed by atoms with E-state index in [9.17, 15) is 13.2 Å². The first-order chi connectivity index (χ1) is 8.85. The molecule has 0 radical (unpaired) electrons. The molecule has 0 aromatic carbocycles. The van der Waals surface area contributed by atoms with Crippen molar-refractivity contribution in [2.45, 2.75) is 39.4 Å². The first-order valence-electron chi connectivity index (χ1n) is 6.41. The maximum absolute atomic E-state index is 12.0. The molecule has 1 N–H and O–H groups in total. The van der Waals surface area contributed by atoms with Crippen molar-refractivity contribution in [3.8, 4) is 0 Å². The van der Waals surface area contributed by atoms with Crippen LogP contribution >= 0.6 is 0 Å². The predicted molar refractivity (Wildman–Crippen MR) is 69.8 cm³/mol. The molecule has 7 nitrogen and oxygen atoms in total. The van der Waals surface area contributed by atoms with E-state index in [1.807, 2.05) is 13.8 Å². The van der Waals surface area contributed by atoms with Crippen molar-refractivity contribution < 1.29 is 22.7 Å². The molecule has 1 saturated heterocycles. The quantitative estimate of drug-likeness (QED) is 0.691. The summed E-state index contributed by atoms with van der Waals surface area (Å²) >= 11 is 0. The molecule has 112 valence electrons. The Balaban J connectivity index is 2.45. The molecule has 1 aliphatic rings. The molecule has 1 heterocycles. The average molecular weight is 294 g/mol. The Morgan fingerprint density at radius 2 is 1.95 bits per heavy atom. The minimum atomic E-state index is -3.56. The van der Waals surface area contributed by atoms with Gasteiger partial charge < -0.3 is 9.47 Å². The molecular weight excluding hydrogens is 272 g/mol. The maximum atomic E-state index is 12.0. The summed E-state index contributed by atoms with van der Waals surface area (Å²) in [7, 11) is -3.56. The number of morpholine rings is 1. The number of carbonyl (C=O) groups is 1. The Morgan fingerprint density at radius 3 is 2.47 bits per heavy atom. The van der Waals surface area contributed by atoms with Crippen LogP contribution in [0, 0.1) is 0 Å². The predicted octanol–water partition coefficient (Wildman–Crippen LogP) is -0.117. The number of hydrogen-bond acceptors (Lipinski definition) is 5. The van der Waals surface area contributed by atoms with Crippen LogP contribution in [0.3, 0.4) is 0 Å². The summed E-state index contributed by atoms with van der Waals surface area (Å²) in [6.45, 7) is 6.34. The molecule has 0 aromatic rings. The van der Waals surface area contributed by atoms with Crippen LogP contribution < -0.4 is 4.72 Å². The third-order valence-electron chi connectivity index (χ3n) is 2.64.